The molecule has 1 aromatic carbocycles. The molecule has 0 spiro atoms. The molecule has 0 radical (unpaired) electrons. The molecule has 0 aromatic heterocycles. The summed E-state index contributed by atoms with van der Waals surface area (Å²) < 4.78 is 0. The van der Waals surface area contributed by atoms with E-state index in [-0.39, 0.29) is 0 Å². The van der Waals surface area contributed by atoms with Gasteiger partial charge in [0.25, 0.3) is 0 Å². The zero-order valence-corrected chi connectivity index (χ0v) is 12.0. The van der Waals surface area contributed by atoms with Gasteiger partial charge in [-0.05, 0) is 43.0 Å². The van der Waals surface area contributed by atoms with Crippen LogP contribution in [0.25, 0.3) is 0 Å². The molecule has 0 fully saturated rings. The van der Waals surface area contributed by atoms with E-state index in [1.165, 1.54) is 5.69 Å². The predicted molar refractivity (Wildman–Crippen MR) is 78.4 cm³/mol. The van der Waals surface area contributed by atoms with Gasteiger partial charge < -0.3 is 4.90 Å². The molecule has 100 valence electrons. The van der Waals surface area contributed by atoms with E-state index >= 15 is 0 Å². The van der Waals surface area contributed by atoms with Crippen molar-refractivity contribution in [1.29, 1.82) is 0 Å². The topological polar surface area (TPSA) is 20.3 Å². The van der Waals surface area contributed by atoms with Crippen LogP contribution in [0.15, 0.2) is 24.3 Å². The van der Waals surface area contributed by atoms with Crippen LogP contribution in [0.3, 0.4) is 0 Å². The number of hydrogen-bond acceptors (Lipinski definition) is 2. The summed E-state index contributed by atoms with van der Waals surface area (Å²) in [6.07, 6.45) is 3.20. The Kier molecular flexibility index (Phi) is 5.90. The SMILES string of the molecule is CCC(CC)N(CC(C)C)c1ccc(C=O)cc1. The molecule has 0 saturated heterocycles. The normalized spacial score (nSPS) is 11.0. The molecule has 0 atom stereocenters. The maximum Gasteiger partial charge on any atom is 0.150 e. The van der Waals surface area contributed by atoms with Crippen molar-refractivity contribution < 1.29 is 4.79 Å². The first-order valence-corrected chi connectivity index (χ1v) is 6.94. The molecule has 1 aromatic rings. The Balaban J connectivity index is 2.96. The van der Waals surface area contributed by atoms with Crippen molar-refractivity contribution in [2.24, 2.45) is 5.92 Å². The summed E-state index contributed by atoms with van der Waals surface area (Å²) in [7, 11) is 0. The lowest BCUT2D eigenvalue weighted by Crippen LogP contribution is -2.37. The molecule has 18 heavy (non-hydrogen) atoms. The lowest BCUT2D eigenvalue weighted by Gasteiger charge is -2.34. The van der Waals surface area contributed by atoms with Crippen LogP contribution in [0.2, 0.25) is 0 Å². The largest absolute Gasteiger partial charge is 0.368 e. The third-order valence-corrected chi connectivity index (χ3v) is 3.31. The summed E-state index contributed by atoms with van der Waals surface area (Å²) in [4.78, 5) is 13.2. The van der Waals surface area contributed by atoms with Gasteiger partial charge in [-0.3, -0.25) is 4.79 Å². The minimum atomic E-state index is 0.578. The number of benzene rings is 1. The number of anilines is 1. The van der Waals surface area contributed by atoms with Gasteiger partial charge in [-0.25, -0.2) is 0 Å². The highest BCUT2D eigenvalue weighted by molar-refractivity contribution is 5.75. The van der Waals surface area contributed by atoms with Gasteiger partial charge in [-0.15, -0.1) is 0 Å². The van der Waals surface area contributed by atoms with Gasteiger partial charge in [-0.1, -0.05) is 27.7 Å². The second kappa shape index (κ2) is 7.20. The average molecular weight is 247 g/mol. The Morgan fingerprint density at radius 2 is 1.67 bits per heavy atom. The molecule has 0 aliphatic rings. The zero-order chi connectivity index (χ0) is 13.5. The Hall–Kier alpha value is -1.31. The van der Waals surface area contributed by atoms with Gasteiger partial charge in [-0.2, -0.15) is 0 Å². The first-order valence-electron chi connectivity index (χ1n) is 6.94. The Morgan fingerprint density at radius 3 is 2.06 bits per heavy atom. The van der Waals surface area contributed by atoms with Gasteiger partial charge in [0.1, 0.15) is 6.29 Å². The highest BCUT2D eigenvalue weighted by Crippen LogP contribution is 2.22. The van der Waals surface area contributed by atoms with E-state index in [1.54, 1.807) is 0 Å². The summed E-state index contributed by atoms with van der Waals surface area (Å²) in [5, 5.41) is 0. The van der Waals surface area contributed by atoms with Crippen molar-refractivity contribution in [2.45, 2.75) is 46.6 Å². The van der Waals surface area contributed by atoms with Crippen molar-refractivity contribution in [3.05, 3.63) is 29.8 Å². The molecule has 0 aliphatic carbocycles. The highest BCUT2D eigenvalue weighted by Gasteiger charge is 2.16. The lowest BCUT2D eigenvalue weighted by molar-refractivity contribution is 0.112. The number of carbonyl (C=O) groups is 1. The molecule has 0 heterocycles. The monoisotopic (exact) mass is 247 g/mol. The maximum absolute atomic E-state index is 10.7. The molecule has 0 N–H and O–H groups in total. The van der Waals surface area contributed by atoms with Gasteiger partial charge >= 0.3 is 0 Å². The summed E-state index contributed by atoms with van der Waals surface area (Å²) in [6, 6.07) is 8.50. The van der Waals surface area contributed by atoms with E-state index in [9.17, 15) is 4.79 Å². The van der Waals surface area contributed by atoms with Crippen LogP contribution >= 0.6 is 0 Å². The standard InChI is InChI=1S/C16H25NO/c1-5-15(6-2)17(11-13(3)4)16-9-7-14(12-18)8-10-16/h7-10,12-13,15H,5-6,11H2,1-4H3. The zero-order valence-electron chi connectivity index (χ0n) is 12.0. The molecule has 2 heteroatoms. The van der Waals surface area contributed by atoms with Crippen molar-refractivity contribution in [3.63, 3.8) is 0 Å². The molecule has 0 amide bonds. The average Bonchev–Trinajstić information content (AvgIpc) is 2.38. The van der Waals surface area contributed by atoms with Crippen LogP contribution in [0, 0.1) is 5.92 Å². The quantitative estimate of drug-likeness (QED) is 0.675. The van der Waals surface area contributed by atoms with Gasteiger partial charge in [0, 0.05) is 23.8 Å². The number of hydrogen-bond donors (Lipinski definition) is 0. The maximum atomic E-state index is 10.7. The molecular weight excluding hydrogens is 222 g/mol. The van der Waals surface area contributed by atoms with E-state index in [2.05, 4.69) is 44.7 Å². The molecule has 0 aliphatic heterocycles. The third-order valence-electron chi connectivity index (χ3n) is 3.31. The summed E-state index contributed by atoms with van der Waals surface area (Å²) >= 11 is 0. The van der Waals surface area contributed by atoms with Gasteiger partial charge in [0.15, 0.2) is 0 Å². The summed E-state index contributed by atoms with van der Waals surface area (Å²) in [6.45, 7) is 10.0. The van der Waals surface area contributed by atoms with E-state index < -0.39 is 0 Å². The van der Waals surface area contributed by atoms with Crippen LogP contribution in [-0.2, 0) is 0 Å². The first kappa shape index (κ1) is 14.7. The van der Waals surface area contributed by atoms with Crippen molar-refractivity contribution in [3.8, 4) is 0 Å². The fourth-order valence-electron chi connectivity index (χ4n) is 2.33. The summed E-state index contributed by atoms with van der Waals surface area (Å²) in [5.74, 6) is 0.636. The minimum Gasteiger partial charge on any atom is -0.368 e. The fraction of sp³-hybridized carbons (Fsp3) is 0.562. The number of aldehydes is 1. The molecule has 0 saturated carbocycles. The van der Waals surface area contributed by atoms with E-state index in [4.69, 9.17) is 0 Å². The van der Waals surface area contributed by atoms with E-state index in [0.29, 0.717) is 12.0 Å². The fourth-order valence-corrected chi connectivity index (χ4v) is 2.33. The van der Waals surface area contributed by atoms with Crippen LogP contribution in [0.5, 0.6) is 0 Å². The van der Waals surface area contributed by atoms with Crippen molar-refractivity contribution >= 4 is 12.0 Å². The van der Waals surface area contributed by atoms with E-state index in [1.807, 2.05) is 12.1 Å². The van der Waals surface area contributed by atoms with Gasteiger partial charge in [0.05, 0.1) is 0 Å². The minimum absolute atomic E-state index is 0.578. The predicted octanol–water partition coefficient (Wildman–Crippen LogP) is 4.15. The van der Waals surface area contributed by atoms with Crippen LogP contribution in [0.1, 0.15) is 50.9 Å². The lowest BCUT2D eigenvalue weighted by atomic mass is 10.1. The third kappa shape index (κ3) is 3.86. The van der Waals surface area contributed by atoms with Crippen LogP contribution in [-0.4, -0.2) is 18.9 Å². The second-order valence-corrected chi connectivity index (χ2v) is 5.23. The molecule has 2 nitrogen and oxygen atoms in total. The van der Waals surface area contributed by atoms with E-state index in [0.717, 1.165) is 31.2 Å². The molecule has 1 rings (SSSR count). The number of nitrogens with zero attached hydrogens (tertiary/aromatic N) is 1. The number of carbonyl (C=O) groups excluding carboxylic acids is 1. The first-order chi connectivity index (χ1) is 8.62. The Morgan fingerprint density at radius 1 is 1.11 bits per heavy atom. The molecule has 0 unspecified atom stereocenters. The van der Waals surface area contributed by atoms with Crippen molar-refractivity contribution in [2.75, 3.05) is 11.4 Å². The smallest absolute Gasteiger partial charge is 0.150 e. The van der Waals surface area contributed by atoms with Gasteiger partial charge in [0.2, 0.25) is 0 Å². The Labute approximate surface area is 111 Å². The number of rotatable bonds is 7. The molecular formula is C16H25NO. The summed E-state index contributed by atoms with van der Waals surface area (Å²) in [5.41, 5.74) is 1.97. The Bertz CT molecular complexity index is 352. The highest BCUT2D eigenvalue weighted by atomic mass is 16.1. The van der Waals surface area contributed by atoms with Crippen LogP contribution in [0.4, 0.5) is 5.69 Å². The van der Waals surface area contributed by atoms with Crippen molar-refractivity contribution in [1.82, 2.24) is 0 Å². The second-order valence-electron chi connectivity index (χ2n) is 5.23. The van der Waals surface area contributed by atoms with Crippen LogP contribution < -0.4 is 4.90 Å². The molecule has 0 bridgehead atoms.